The third kappa shape index (κ3) is 4.31. The minimum atomic E-state index is -0.905. The van der Waals surface area contributed by atoms with Crippen LogP contribution in [0.4, 0.5) is 0 Å². The summed E-state index contributed by atoms with van der Waals surface area (Å²) in [5.41, 5.74) is 2.79. The van der Waals surface area contributed by atoms with Crippen LogP contribution in [0.5, 0.6) is 0 Å². The van der Waals surface area contributed by atoms with Crippen molar-refractivity contribution in [2.45, 2.75) is 26.4 Å². The number of nitrogens with one attached hydrogen (secondary N) is 1. The Hall–Kier alpha value is -0.900. The Balaban J connectivity index is 2.40. The monoisotopic (exact) mass is 223 g/mol. The fourth-order valence-electron chi connectivity index (χ4n) is 1.32. The summed E-state index contributed by atoms with van der Waals surface area (Å²) in [6.45, 7) is 6.96. The van der Waals surface area contributed by atoms with Crippen LogP contribution in [0.15, 0.2) is 30.3 Å². The molecule has 1 atom stereocenters. The van der Waals surface area contributed by atoms with Crippen LogP contribution in [-0.2, 0) is 10.4 Å². The van der Waals surface area contributed by atoms with Gasteiger partial charge in [-0.25, -0.2) is 0 Å². The molecular formula is C13H21NO2. The Kier molecular flexibility index (Phi) is 4.93. The van der Waals surface area contributed by atoms with Crippen LogP contribution in [0.1, 0.15) is 26.3 Å². The Morgan fingerprint density at radius 3 is 2.50 bits per heavy atom. The first-order valence-corrected chi connectivity index (χ1v) is 5.65. The van der Waals surface area contributed by atoms with Gasteiger partial charge in [0.2, 0.25) is 0 Å². The van der Waals surface area contributed by atoms with E-state index >= 15 is 0 Å². The van der Waals surface area contributed by atoms with Crippen molar-refractivity contribution in [3.05, 3.63) is 35.9 Å². The maximum absolute atomic E-state index is 10.2. The summed E-state index contributed by atoms with van der Waals surface area (Å²) < 4.78 is 0. The highest BCUT2D eigenvalue weighted by atomic mass is 16.6. The van der Waals surface area contributed by atoms with E-state index in [9.17, 15) is 5.11 Å². The van der Waals surface area contributed by atoms with Gasteiger partial charge in [0.05, 0.1) is 13.2 Å². The summed E-state index contributed by atoms with van der Waals surface area (Å²) >= 11 is 0. The van der Waals surface area contributed by atoms with Crippen LogP contribution in [-0.4, -0.2) is 18.3 Å². The number of hydrogen-bond acceptors (Lipinski definition) is 3. The molecule has 1 aromatic carbocycles. The van der Waals surface area contributed by atoms with E-state index in [1.807, 2.05) is 30.3 Å². The molecule has 3 nitrogen and oxygen atoms in total. The fourth-order valence-corrected chi connectivity index (χ4v) is 1.32. The molecule has 0 aromatic heterocycles. The highest BCUT2D eigenvalue weighted by molar-refractivity contribution is 5.21. The molecule has 1 unspecified atom stereocenters. The van der Waals surface area contributed by atoms with Gasteiger partial charge >= 0.3 is 0 Å². The van der Waals surface area contributed by atoms with Crippen molar-refractivity contribution in [3.63, 3.8) is 0 Å². The third-order valence-corrected chi connectivity index (χ3v) is 2.33. The molecule has 0 aliphatic carbocycles. The van der Waals surface area contributed by atoms with Gasteiger partial charge in [-0.05, 0) is 18.4 Å². The lowest BCUT2D eigenvalue weighted by molar-refractivity contribution is -0.0341. The molecular weight excluding hydrogens is 202 g/mol. The zero-order chi connectivity index (χ0) is 12.0. The van der Waals surface area contributed by atoms with Crippen molar-refractivity contribution in [1.82, 2.24) is 5.48 Å². The van der Waals surface area contributed by atoms with E-state index in [4.69, 9.17) is 4.84 Å². The molecule has 3 heteroatoms. The van der Waals surface area contributed by atoms with Crippen LogP contribution in [0.3, 0.4) is 0 Å². The first kappa shape index (κ1) is 13.2. The van der Waals surface area contributed by atoms with E-state index in [1.54, 1.807) is 6.92 Å². The Bertz CT molecular complexity index is 296. The minimum absolute atomic E-state index is 0.379. The van der Waals surface area contributed by atoms with E-state index < -0.39 is 5.60 Å². The van der Waals surface area contributed by atoms with Crippen LogP contribution >= 0.6 is 0 Å². The number of benzene rings is 1. The van der Waals surface area contributed by atoms with E-state index in [1.165, 1.54) is 0 Å². The van der Waals surface area contributed by atoms with Gasteiger partial charge in [-0.2, -0.15) is 5.48 Å². The van der Waals surface area contributed by atoms with Gasteiger partial charge in [0, 0.05) is 0 Å². The smallest absolute Gasteiger partial charge is 0.102 e. The maximum Gasteiger partial charge on any atom is 0.102 e. The molecule has 1 aromatic rings. The second-order valence-corrected chi connectivity index (χ2v) is 4.67. The average Bonchev–Trinajstić information content (AvgIpc) is 2.26. The van der Waals surface area contributed by atoms with Gasteiger partial charge in [-0.3, -0.25) is 0 Å². The Morgan fingerprint density at radius 2 is 1.94 bits per heavy atom. The highest BCUT2D eigenvalue weighted by Crippen LogP contribution is 2.18. The van der Waals surface area contributed by atoms with Crippen molar-refractivity contribution in [1.29, 1.82) is 0 Å². The molecule has 16 heavy (non-hydrogen) atoms. The molecule has 0 radical (unpaired) electrons. The molecule has 0 bridgehead atoms. The molecule has 0 aliphatic rings. The lowest BCUT2D eigenvalue weighted by Crippen LogP contribution is -2.36. The van der Waals surface area contributed by atoms with Crippen LogP contribution < -0.4 is 5.48 Å². The number of hydrogen-bond donors (Lipinski definition) is 2. The zero-order valence-electron chi connectivity index (χ0n) is 10.2. The summed E-state index contributed by atoms with van der Waals surface area (Å²) in [4.78, 5) is 5.24. The van der Waals surface area contributed by atoms with Crippen molar-refractivity contribution < 1.29 is 9.94 Å². The first-order chi connectivity index (χ1) is 7.52. The molecule has 90 valence electrons. The van der Waals surface area contributed by atoms with Gasteiger partial charge in [-0.1, -0.05) is 44.2 Å². The summed E-state index contributed by atoms with van der Waals surface area (Å²) in [7, 11) is 0. The molecule has 0 saturated heterocycles. The van der Waals surface area contributed by atoms with Crippen molar-refractivity contribution >= 4 is 0 Å². The van der Waals surface area contributed by atoms with Crippen LogP contribution in [0.25, 0.3) is 0 Å². The summed E-state index contributed by atoms with van der Waals surface area (Å²) in [5, 5.41) is 10.2. The SMILES string of the molecule is CC(C)CONCC(C)(O)c1ccccc1. The van der Waals surface area contributed by atoms with E-state index in [-0.39, 0.29) is 0 Å². The Morgan fingerprint density at radius 1 is 1.31 bits per heavy atom. The van der Waals surface area contributed by atoms with Gasteiger partial charge in [0.1, 0.15) is 5.60 Å². The highest BCUT2D eigenvalue weighted by Gasteiger charge is 2.22. The molecule has 0 saturated carbocycles. The topological polar surface area (TPSA) is 41.5 Å². The molecule has 0 heterocycles. The summed E-state index contributed by atoms with van der Waals surface area (Å²) in [5.74, 6) is 0.481. The number of hydroxylamine groups is 1. The number of rotatable bonds is 6. The second kappa shape index (κ2) is 5.99. The van der Waals surface area contributed by atoms with Gasteiger partial charge in [0.15, 0.2) is 0 Å². The molecule has 1 rings (SSSR count). The molecule has 0 aliphatic heterocycles. The lowest BCUT2D eigenvalue weighted by atomic mass is 9.96. The first-order valence-electron chi connectivity index (χ1n) is 5.65. The van der Waals surface area contributed by atoms with Crippen molar-refractivity contribution in [2.24, 2.45) is 5.92 Å². The fraction of sp³-hybridized carbons (Fsp3) is 0.538. The Labute approximate surface area is 97.4 Å². The predicted molar refractivity (Wildman–Crippen MR) is 64.8 cm³/mol. The summed E-state index contributed by atoms with van der Waals surface area (Å²) in [6, 6.07) is 9.58. The lowest BCUT2D eigenvalue weighted by Gasteiger charge is -2.24. The largest absolute Gasteiger partial charge is 0.384 e. The number of aliphatic hydroxyl groups is 1. The van der Waals surface area contributed by atoms with E-state index in [2.05, 4.69) is 19.3 Å². The van der Waals surface area contributed by atoms with Crippen LogP contribution in [0.2, 0.25) is 0 Å². The molecule has 0 spiro atoms. The maximum atomic E-state index is 10.2. The second-order valence-electron chi connectivity index (χ2n) is 4.67. The summed E-state index contributed by atoms with van der Waals surface area (Å²) in [6.07, 6.45) is 0. The average molecular weight is 223 g/mol. The van der Waals surface area contributed by atoms with Gasteiger partial charge < -0.3 is 9.94 Å². The van der Waals surface area contributed by atoms with Crippen molar-refractivity contribution in [2.75, 3.05) is 13.2 Å². The quantitative estimate of drug-likeness (QED) is 0.573. The minimum Gasteiger partial charge on any atom is -0.384 e. The van der Waals surface area contributed by atoms with E-state index in [0.717, 1.165) is 5.56 Å². The van der Waals surface area contributed by atoms with Crippen LogP contribution in [0, 0.1) is 5.92 Å². The third-order valence-electron chi connectivity index (χ3n) is 2.33. The predicted octanol–water partition coefficient (Wildman–Crippen LogP) is 2.07. The van der Waals surface area contributed by atoms with Gasteiger partial charge in [-0.15, -0.1) is 0 Å². The molecule has 0 amide bonds. The van der Waals surface area contributed by atoms with Gasteiger partial charge in [0.25, 0.3) is 0 Å². The normalized spacial score (nSPS) is 15.1. The molecule has 0 fully saturated rings. The zero-order valence-corrected chi connectivity index (χ0v) is 10.2. The standard InChI is InChI=1S/C13H21NO2/c1-11(2)9-16-14-10-13(3,15)12-7-5-4-6-8-12/h4-8,11,14-15H,9-10H2,1-3H3. The molecule has 2 N–H and O–H groups in total. The van der Waals surface area contributed by atoms with E-state index in [0.29, 0.717) is 19.1 Å². The van der Waals surface area contributed by atoms with Crippen molar-refractivity contribution in [3.8, 4) is 0 Å².